The number of rotatable bonds is 4. The maximum atomic E-state index is 4.24. The van der Waals surface area contributed by atoms with Crippen LogP contribution in [0.4, 0.5) is 0 Å². The van der Waals surface area contributed by atoms with Gasteiger partial charge in [0, 0.05) is 18.0 Å². The molecule has 2 N–H and O–H groups in total. The fourth-order valence-electron chi connectivity index (χ4n) is 1.90. The van der Waals surface area contributed by atoms with Crippen LogP contribution in [0.15, 0.2) is 10.9 Å². The van der Waals surface area contributed by atoms with Gasteiger partial charge in [-0.2, -0.15) is 0 Å². The summed E-state index contributed by atoms with van der Waals surface area (Å²) in [5.41, 5.74) is 3.05. The molecule has 0 bridgehead atoms. The molecule has 0 saturated carbocycles. The van der Waals surface area contributed by atoms with Crippen molar-refractivity contribution in [3.63, 3.8) is 0 Å². The van der Waals surface area contributed by atoms with Crippen LogP contribution in [0.5, 0.6) is 0 Å². The summed E-state index contributed by atoms with van der Waals surface area (Å²) in [4.78, 5) is 4.24. The molecule has 1 aromatic rings. The summed E-state index contributed by atoms with van der Waals surface area (Å²) in [5, 5.41) is 9.02. The average molecular weight is 211 g/mol. The summed E-state index contributed by atoms with van der Waals surface area (Å²) in [6.07, 6.45) is 1.30. The predicted molar refractivity (Wildman–Crippen MR) is 59.4 cm³/mol. The van der Waals surface area contributed by atoms with E-state index in [1.54, 1.807) is 11.3 Å². The van der Waals surface area contributed by atoms with Gasteiger partial charge in [-0.15, -0.1) is 11.3 Å². The Kier molecular flexibility index (Phi) is 3.50. The van der Waals surface area contributed by atoms with Crippen LogP contribution in [-0.4, -0.2) is 24.1 Å². The Balaban J connectivity index is 1.68. The lowest BCUT2D eigenvalue weighted by Crippen LogP contribution is -2.30. The third-order valence-electron chi connectivity index (χ3n) is 2.88. The van der Waals surface area contributed by atoms with Gasteiger partial charge in [0.15, 0.2) is 0 Å². The SMILES string of the molecule is CC1NCCC1CNCc1cscn1. The van der Waals surface area contributed by atoms with Crippen molar-refractivity contribution in [1.82, 2.24) is 15.6 Å². The van der Waals surface area contributed by atoms with Crippen molar-refractivity contribution < 1.29 is 0 Å². The zero-order valence-electron chi connectivity index (χ0n) is 8.49. The van der Waals surface area contributed by atoms with Gasteiger partial charge in [0.05, 0.1) is 11.2 Å². The van der Waals surface area contributed by atoms with Crippen LogP contribution < -0.4 is 10.6 Å². The second-order valence-electron chi connectivity index (χ2n) is 3.90. The molecule has 4 heteroatoms. The molecule has 2 heterocycles. The van der Waals surface area contributed by atoms with Crippen LogP contribution in [0.25, 0.3) is 0 Å². The smallest absolute Gasteiger partial charge is 0.0795 e. The van der Waals surface area contributed by atoms with Crippen molar-refractivity contribution in [2.75, 3.05) is 13.1 Å². The Morgan fingerprint density at radius 2 is 2.64 bits per heavy atom. The molecule has 1 fully saturated rings. The molecule has 1 aliphatic heterocycles. The van der Waals surface area contributed by atoms with E-state index < -0.39 is 0 Å². The number of thiazole rings is 1. The monoisotopic (exact) mass is 211 g/mol. The third kappa shape index (κ3) is 2.53. The highest BCUT2D eigenvalue weighted by Gasteiger charge is 2.21. The lowest BCUT2D eigenvalue weighted by Gasteiger charge is -2.14. The molecular formula is C10H17N3S. The molecule has 0 radical (unpaired) electrons. The van der Waals surface area contributed by atoms with E-state index in [2.05, 4.69) is 27.9 Å². The van der Waals surface area contributed by atoms with Crippen molar-refractivity contribution in [3.8, 4) is 0 Å². The van der Waals surface area contributed by atoms with E-state index in [-0.39, 0.29) is 0 Å². The van der Waals surface area contributed by atoms with E-state index in [1.165, 1.54) is 13.0 Å². The van der Waals surface area contributed by atoms with Crippen LogP contribution in [-0.2, 0) is 6.54 Å². The van der Waals surface area contributed by atoms with E-state index in [4.69, 9.17) is 0 Å². The van der Waals surface area contributed by atoms with Gasteiger partial charge in [0.2, 0.25) is 0 Å². The van der Waals surface area contributed by atoms with Crippen molar-refractivity contribution >= 4 is 11.3 Å². The first-order chi connectivity index (χ1) is 6.86. The lowest BCUT2D eigenvalue weighted by atomic mass is 10.0. The molecule has 2 atom stereocenters. The zero-order chi connectivity index (χ0) is 9.80. The van der Waals surface area contributed by atoms with Gasteiger partial charge in [-0.25, -0.2) is 4.98 Å². The molecule has 78 valence electrons. The minimum atomic E-state index is 0.665. The Bertz CT molecular complexity index is 260. The molecule has 0 amide bonds. The van der Waals surface area contributed by atoms with E-state index in [1.807, 2.05) is 5.51 Å². The predicted octanol–water partition coefficient (Wildman–Crippen LogP) is 1.23. The van der Waals surface area contributed by atoms with Crippen LogP contribution in [0.1, 0.15) is 19.0 Å². The molecule has 2 unspecified atom stereocenters. The summed E-state index contributed by atoms with van der Waals surface area (Å²) >= 11 is 1.66. The maximum Gasteiger partial charge on any atom is 0.0795 e. The van der Waals surface area contributed by atoms with Crippen molar-refractivity contribution in [3.05, 3.63) is 16.6 Å². The second kappa shape index (κ2) is 4.87. The standard InChI is InChI=1S/C10H17N3S/c1-8-9(2-3-12-8)4-11-5-10-6-14-7-13-10/h6-9,11-12H,2-5H2,1H3. The highest BCUT2D eigenvalue weighted by molar-refractivity contribution is 7.07. The molecular weight excluding hydrogens is 194 g/mol. The quantitative estimate of drug-likeness (QED) is 0.786. The Hall–Kier alpha value is -0.450. The summed E-state index contributed by atoms with van der Waals surface area (Å²) < 4.78 is 0. The molecule has 0 aliphatic carbocycles. The number of aromatic nitrogens is 1. The maximum absolute atomic E-state index is 4.24. The largest absolute Gasteiger partial charge is 0.314 e. The number of nitrogens with zero attached hydrogens (tertiary/aromatic N) is 1. The van der Waals surface area contributed by atoms with Crippen LogP contribution >= 0.6 is 11.3 Å². The number of hydrogen-bond acceptors (Lipinski definition) is 4. The summed E-state index contributed by atoms with van der Waals surface area (Å²) in [6, 6.07) is 0.665. The summed E-state index contributed by atoms with van der Waals surface area (Å²) in [7, 11) is 0. The Labute approximate surface area is 88.9 Å². The number of hydrogen-bond donors (Lipinski definition) is 2. The first kappa shape index (κ1) is 10.1. The van der Waals surface area contributed by atoms with Crippen LogP contribution in [0.3, 0.4) is 0 Å². The van der Waals surface area contributed by atoms with E-state index in [0.29, 0.717) is 6.04 Å². The Morgan fingerprint density at radius 3 is 3.29 bits per heavy atom. The highest BCUT2D eigenvalue weighted by atomic mass is 32.1. The molecule has 1 aliphatic rings. The van der Waals surface area contributed by atoms with E-state index in [9.17, 15) is 0 Å². The van der Waals surface area contributed by atoms with E-state index in [0.717, 1.165) is 24.7 Å². The second-order valence-corrected chi connectivity index (χ2v) is 4.62. The van der Waals surface area contributed by atoms with E-state index >= 15 is 0 Å². The zero-order valence-corrected chi connectivity index (χ0v) is 9.31. The molecule has 2 rings (SSSR count). The molecule has 3 nitrogen and oxygen atoms in total. The topological polar surface area (TPSA) is 37.0 Å². The molecule has 0 aromatic carbocycles. The first-order valence-corrected chi connectivity index (χ1v) is 6.11. The fraction of sp³-hybridized carbons (Fsp3) is 0.700. The normalized spacial score (nSPS) is 26.9. The fourth-order valence-corrected chi connectivity index (χ4v) is 2.46. The first-order valence-electron chi connectivity index (χ1n) is 5.17. The summed E-state index contributed by atoms with van der Waals surface area (Å²) in [6.45, 7) is 5.45. The average Bonchev–Trinajstić information content (AvgIpc) is 2.78. The van der Waals surface area contributed by atoms with Gasteiger partial charge >= 0.3 is 0 Å². The van der Waals surface area contributed by atoms with Gasteiger partial charge < -0.3 is 10.6 Å². The molecule has 0 spiro atoms. The third-order valence-corrected chi connectivity index (χ3v) is 3.52. The van der Waals surface area contributed by atoms with Crippen molar-refractivity contribution in [2.24, 2.45) is 5.92 Å². The van der Waals surface area contributed by atoms with Gasteiger partial charge in [-0.3, -0.25) is 0 Å². The Morgan fingerprint density at radius 1 is 1.71 bits per heavy atom. The molecule has 1 saturated heterocycles. The summed E-state index contributed by atoms with van der Waals surface area (Å²) in [5.74, 6) is 0.786. The lowest BCUT2D eigenvalue weighted by molar-refractivity contribution is 0.438. The van der Waals surface area contributed by atoms with Crippen molar-refractivity contribution in [2.45, 2.75) is 25.9 Å². The van der Waals surface area contributed by atoms with Gasteiger partial charge in [0.25, 0.3) is 0 Å². The van der Waals surface area contributed by atoms with Gasteiger partial charge in [0.1, 0.15) is 0 Å². The van der Waals surface area contributed by atoms with Gasteiger partial charge in [-0.1, -0.05) is 0 Å². The van der Waals surface area contributed by atoms with Crippen LogP contribution in [0, 0.1) is 5.92 Å². The number of nitrogens with one attached hydrogen (secondary N) is 2. The highest BCUT2D eigenvalue weighted by Crippen LogP contribution is 2.13. The van der Waals surface area contributed by atoms with Crippen LogP contribution in [0.2, 0.25) is 0 Å². The minimum Gasteiger partial charge on any atom is -0.314 e. The molecule has 1 aromatic heterocycles. The minimum absolute atomic E-state index is 0.665. The van der Waals surface area contributed by atoms with Gasteiger partial charge in [-0.05, 0) is 32.4 Å². The molecule has 14 heavy (non-hydrogen) atoms. The van der Waals surface area contributed by atoms with Crippen molar-refractivity contribution in [1.29, 1.82) is 0 Å².